The first kappa shape index (κ1) is 14.7. The van der Waals surface area contributed by atoms with Crippen molar-refractivity contribution in [3.05, 3.63) is 29.0 Å². The van der Waals surface area contributed by atoms with Gasteiger partial charge in [-0.3, -0.25) is 4.79 Å². The predicted octanol–water partition coefficient (Wildman–Crippen LogP) is 3.44. The van der Waals surface area contributed by atoms with Crippen molar-refractivity contribution in [1.82, 2.24) is 14.5 Å². The Bertz CT molecular complexity index is 662. The summed E-state index contributed by atoms with van der Waals surface area (Å²) in [6, 6.07) is 5.67. The number of carbonyl (C=O) groups is 1. The van der Waals surface area contributed by atoms with E-state index < -0.39 is 0 Å². The highest BCUT2D eigenvalue weighted by Gasteiger charge is 2.19. The number of fused-ring (bicyclic) bond motifs is 1. The van der Waals surface area contributed by atoms with Gasteiger partial charge >= 0.3 is 0 Å². The Morgan fingerprint density at radius 2 is 2.05 bits per heavy atom. The van der Waals surface area contributed by atoms with Gasteiger partial charge < -0.3 is 9.47 Å². The van der Waals surface area contributed by atoms with Gasteiger partial charge in [0.15, 0.2) is 0 Å². The van der Waals surface area contributed by atoms with E-state index in [4.69, 9.17) is 23.2 Å². The molecule has 21 heavy (non-hydrogen) atoms. The lowest BCUT2D eigenvalue weighted by Gasteiger charge is -2.16. The van der Waals surface area contributed by atoms with Gasteiger partial charge in [0.05, 0.1) is 16.4 Å². The van der Waals surface area contributed by atoms with Crippen LogP contribution >= 0.6 is 23.2 Å². The fraction of sp³-hybridized carbons (Fsp3) is 0.467. The fourth-order valence-electron chi connectivity index (χ4n) is 2.84. The zero-order valence-electron chi connectivity index (χ0n) is 11.7. The largest absolute Gasteiger partial charge is 0.343 e. The van der Waals surface area contributed by atoms with Crippen LogP contribution < -0.4 is 0 Å². The van der Waals surface area contributed by atoms with Gasteiger partial charge in [0.2, 0.25) is 5.91 Å². The Balaban J connectivity index is 1.82. The molecule has 112 valence electrons. The maximum absolute atomic E-state index is 12.2. The fourth-order valence-corrected chi connectivity index (χ4v) is 3.26. The second-order valence-electron chi connectivity index (χ2n) is 5.26. The van der Waals surface area contributed by atoms with E-state index in [9.17, 15) is 4.79 Å². The van der Waals surface area contributed by atoms with Gasteiger partial charge in [0.1, 0.15) is 11.3 Å². The number of halogens is 2. The summed E-state index contributed by atoms with van der Waals surface area (Å²) in [5.74, 6) is 1.27. The number of alkyl halides is 1. The third-order valence-electron chi connectivity index (χ3n) is 3.94. The number of carbonyl (C=O) groups excluding carboxylic acids is 1. The Labute approximate surface area is 133 Å². The summed E-state index contributed by atoms with van der Waals surface area (Å²) < 4.78 is 2.00. The third-order valence-corrected chi connectivity index (χ3v) is 4.48. The molecule has 2 heterocycles. The number of nitrogens with zero attached hydrogens (tertiary/aromatic N) is 3. The number of aromatic nitrogens is 2. The van der Waals surface area contributed by atoms with E-state index in [1.165, 1.54) is 0 Å². The standard InChI is InChI=1S/C15H17Cl2N3O/c16-10-13-18-15-11(17)4-3-5-12(15)20(13)9-6-14(21)19-7-1-2-8-19/h3-5H,1-2,6-10H2. The van der Waals surface area contributed by atoms with E-state index in [2.05, 4.69) is 4.98 Å². The minimum Gasteiger partial charge on any atom is -0.343 e. The van der Waals surface area contributed by atoms with E-state index in [0.717, 1.165) is 42.8 Å². The van der Waals surface area contributed by atoms with Crippen LogP contribution in [0, 0.1) is 0 Å². The molecule has 0 aliphatic carbocycles. The molecule has 1 fully saturated rings. The molecule has 6 heteroatoms. The van der Waals surface area contributed by atoms with Crippen molar-refractivity contribution in [3.63, 3.8) is 0 Å². The number of hydrogen-bond acceptors (Lipinski definition) is 2. The van der Waals surface area contributed by atoms with Crippen molar-refractivity contribution in [2.45, 2.75) is 31.7 Å². The molecule has 0 unspecified atom stereocenters. The van der Waals surface area contributed by atoms with Crippen LogP contribution in [0.2, 0.25) is 5.02 Å². The maximum atomic E-state index is 12.2. The van der Waals surface area contributed by atoms with Gasteiger partial charge in [-0.2, -0.15) is 0 Å². The van der Waals surface area contributed by atoms with E-state index in [1.807, 2.05) is 27.7 Å². The number of benzene rings is 1. The van der Waals surface area contributed by atoms with Gasteiger partial charge in [-0.05, 0) is 25.0 Å². The van der Waals surface area contributed by atoms with E-state index in [1.54, 1.807) is 0 Å². The van der Waals surface area contributed by atoms with E-state index >= 15 is 0 Å². The molecule has 1 aromatic heterocycles. The van der Waals surface area contributed by atoms with Crippen LogP contribution in [0.15, 0.2) is 18.2 Å². The molecule has 1 aromatic carbocycles. The minimum absolute atomic E-state index is 0.205. The van der Waals surface area contributed by atoms with Crippen LogP contribution in [0.25, 0.3) is 11.0 Å². The highest BCUT2D eigenvalue weighted by atomic mass is 35.5. The van der Waals surface area contributed by atoms with Crippen molar-refractivity contribution in [3.8, 4) is 0 Å². The SMILES string of the molecule is O=C(CCn1c(CCl)nc2c(Cl)cccc21)N1CCCC1. The van der Waals surface area contributed by atoms with Crippen LogP contribution in [0.5, 0.6) is 0 Å². The lowest BCUT2D eigenvalue weighted by molar-refractivity contribution is -0.130. The molecule has 0 spiro atoms. The van der Waals surface area contributed by atoms with Gasteiger partial charge in [0, 0.05) is 26.1 Å². The first-order valence-electron chi connectivity index (χ1n) is 7.18. The predicted molar refractivity (Wildman–Crippen MR) is 84.7 cm³/mol. The van der Waals surface area contributed by atoms with Gasteiger partial charge in [-0.1, -0.05) is 17.7 Å². The highest BCUT2D eigenvalue weighted by molar-refractivity contribution is 6.35. The monoisotopic (exact) mass is 325 g/mol. The molecule has 3 rings (SSSR count). The van der Waals surface area contributed by atoms with Crippen LogP contribution in [-0.4, -0.2) is 33.4 Å². The van der Waals surface area contributed by atoms with Gasteiger partial charge in [-0.15, -0.1) is 11.6 Å². The quantitative estimate of drug-likeness (QED) is 0.807. The van der Waals surface area contributed by atoms with Crippen molar-refractivity contribution >= 4 is 40.1 Å². The summed E-state index contributed by atoms with van der Waals surface area (Å²) in [6.07, 6.45) is 2.70. The molecule has 4 nitrogen and oxygen atoms in total. The lowest BCUT2D eigenvalue weighted by atomic mass is 10.3. The summed E-state index contributed by atoms with van der Waals surface area (Å²) in [7, 11) is 0. The molecule has 1 aliphatic rings. The molecule has 0 radical (unpaired) electrons. The lowest BCUT2D eigenvalue weighted by Crippen LogP contribution is -2.28. The normalized spacial score (nSPS) is 15.0. The Hall–Kier alpha value is -1.26. The Kier molecular flexibility index (Phi) is 4.36. The number of amides is 1. The average Bonchev–Trinajstić information content (AvgIpc) is 3.13. The smallest absolute Gasteiger partial charge is 0.224 e. The zero-order valence-corrected chi connectivity index (χ0v) is 13.2. The topological polar surface area (TPSA) is 38.1 Å². The summed E-state index contributed by atoms with van der Waals surface area (Å²) >= 11 is 12.1. The second kappa shape index (κ2) is 6.24. The number of hydrogen-bond donors (Lipinski definition) is 0. The number of aryl methyl sites for hydroxylation is 1. The first-order chi connectivity index (χ1) is 10.2. The molecule has 1 aliphatic heterocycles. The van der Waals surface area contributed by atoms with Crippen molar-refractivity contribution in [2.24, 2.45) is 0 Å². The van der Waals surface area contributed by atoms with Gasteiger partial charge in [-0.25, -0.2) is 4.98 Å². The van der Waals surface area contributed by atoms with Crippen molar-refractivity contribution in [1.29, 1.82) is 0 Å². The Morgan fingerprint density at radius 3 is 2.76 bits per heavy atom. The van der Waals surface area contributed by atoms with Crippen LogP contribution in [0.3, 0.4) is 0 Å². The van der Waals surface area contributed by atoms with Crippen LogP contribution in [-0.2, 0) is 17.2 Å². The molecule has 0 saturated carbocycles. The van der Waals surface area contributed by atoms with Crippen molar-refractivity contribution in [2.75, 3.05) is 13.1 Å². The first-order valence-corrected chi connectivity index (χ1v) is 8.09. The average molecular weight is 326 g/mol. The molecule has 0 atom stereocenters. The summed E-state index contributed by atoms with van der Waals surface area (Å²) in [5.41, 5.74) is 1.69. The zero-order chi connectivity index (χ0) is 14.8. The number of likely N-dealkylation sites (tertiary alicyclic amines) is 1. The van der Waals surface area contributed by atoms with E-state index in [0.29, 0.717) is 23.9 Å². The van der Waals surface area contributed by atoms with Crippen molar-refractivity contribution < 1.29 is 4.79 Å². The van der Waals surface area contributed by atoms with Crippen LogP contribution in [0.4, 0.5) is 0 Å². The maximum Gasteiger partial charge on any atom is 0.224 e. The molecule has 0 N–H and O–H groups in total. The van der Waals surface area contributed by atoms with Gasteiger partial charge in [0.25, 0.3) is 0 Å². The number of imidazole rings is 1. The molecule has 1 saturated heterocycles. The third kappa shape index (κ3) is 2.87. The summed E-state index contributed by atoms with van der Waals surface area (Å²) in [5, 5.41) is 0.614. The molecular formula is C15H17Cl2N3O. The molecular weight excluding hydrogens is 309 g/mol. The summed E-state index contributed by atoms with van der Waals surface area (Å²) in [4.78, 5) is 18.6. The number of para-hydroxylation sites is 1. The summed E-state index contributed by atoms with van der Waals surface area (Å²) in [6.45, 7) is 2.36. The second-order valence-corrected chi connectivity index (χ2v) is 5.93. The number of rotatable bonds is 4. The molecule has 1 amide bonds. The molecule has 2 aromatic rings. The minimum atomic E-state index is 0.205. The Morgan fingerprint density at radius 1 is 1.29 bits per heavy atom. The molecule has 0 bridgehead atoms. The van der Waals surface area contributed by atoms with Crippen LogP contribution in [0.1, 0.15) is 25.1 Å². The highest BCUT2D eigenvalue weighted by Crippen LogP contribution is 2.25. The van der Waals surface area contributed by atoms with E-state index in [-0.39, 0.29) is 5.91 Å².